The van der Waals surface area contributed by atoms with Crippen molar-refractivity contribution in [2.75, 3.05) is 20.7 Å². The summed E-state index contributed by atoms with van der Waals surface area (Å²) in [5.74, 6) is 0.726. The zero-order valence-corrected chi connectivity index (χ0v) is 18.7. The fourth-order valence-electron chi connectivity index (χ4n) is 2.36. The van der Waals surface area contributed by atoms with Crippen LogP contribution in [0.2, 0.25) is 5.02 Å². The van der Waals surface area contributed by atoms with Crippen LogP contribution in [-0.2, 0) is 11.3 Å². The number of hydrogen-bond acceptors (Lipinski definition) is 4. The van der Waals surface area contributed by atoms with Crippen LogP contribution in [0.1, 0.15) is 27.2 Å². The van der Waals surface area contributed by atoms with Gasteiger partial charge in [-0.1, -0.05) is 23.7 Å². The minimum absolute atomic E-state index is 0. The van der Waals surface area contributed by atoms with Crippen molar-refractivity contribution >= 4 is 52.9 Å². The van der Waals surface area contributed by atoms with Crippen LogP contribution in [-0.4, -0.2) is 31.6 Å². The van der Waals surface area contributed by atoms with Crippen molar-refractivity contribution in [2.24, 2.45) is 4.99 Å². The number of aliphatic imine (C=N–C) groups is 1. The molecule has 0 amide bonds. The lowest BCUT2D eigenvalue weighted by Crippen LogP contribution is -2.39. The van der Waals surface area contributed by atoms with Crippen LogP contribution in [0.5, 0.6) is 0 Å². The Morgan fingerprint density at radius 3 is 2.68 bits per heavy atom. The Bertz CT molecular complexity index is 708. The summed E-state index contributed by atoms with van der Waals surface area (Å²) in [4.78, 5) is 9.91. The number of benzene rings is 1. The molecule has 8 heteroatoms. The normalized spacial score (nSPS) is 12.4. The minimum Gasteiger partial charge on any atom is -0.375 e. The van der Waals surface area contributed by atoms with Gasteiger partial charge >= 0.3 is 0 Å². The Morgan fingerprint density at radius 1 is 1.36 bits per heavy atom. The molecule has 0 fully saturated rings. The largest absolute Gasteiger partial charge is 0.375 e. The number of halogens is 2. The molecule has 1 unspecified atom stereocenters. The van der Waals surface area contributed by atoms with E-state index in [0.29, 0.717) is 18.1 Å². The maximum Gasteiger partial charge on any atom is 0.191 e. The van der Waals surface area contributed by atoms with Gasteiger partial charge < -0.3 is 15.4 Å². The highest BCUT2D eigenvalue weighted by Gasteiger charge is 2.12. The maximum atomic E-state index is 6.05. The quantitative estimate of drug-likeness (QED) is 0.361. The van der Waals surface area contributed by atoms with Gasteiger partial charge in [-0.2, -0.15) is 0 Å². The third-order valence-corrected chi connectivity index (χ3v) is 4.91. The molecule has 138 valence electrons. The highest BCUT2D eigenvalue weighted by Crippen LogP contribution is 2.20. The predicted octanol–water partition coefficient (Wildman–Crippen LogP) is 4.08. The number of ether oxygens (including phenoxy) is 1. The highest BCUT2D eigenvalue weighted by molar-refractivity contribution is 14.0. The van der Waals surface area contributed by atoms with Gasteiger partial charge in [0.2, 0.25) is 0 Å². The maximum absolute atomic E-state index is 6.05. The fraction of sp³-hybridized carbons (Fsp3) is 0.412. The zero-order valence-electron chi connectivity index (χ0n) is 14.8. The first kappa shape index (κ1) is 22.1. The Labute approximate surface area is 175 Å². The molecule has 0 bridgehead atoms. The van der Waals surface area contributed by atoms with Crippen molar-refractivity contribution in [3.8, 4) is 0 Å². The average Bonchev–Trinajstić information content (AvgIpc) is 2.88. The molecule has 0 aliphatic rings. The lowest BCUT2D eigenvalue weighted by molar-refractivity contribution is 0.106. The van der Waals surface area contributed by atoms with Crippen LogP contribution in [0.25, 0.3) is 0 Å². The van der Waals surface area contributed by atoms with Gasteiger partial charge in [0.25, 0.3) is 0 Å². The van der Waals surface area contributed by atoms with Gasteiger partial charge in [-0.3, -0.25) is 4.99 Å². The molecule has 1 heterocycles. The van der Waals surface area contributed by atoms with Crippen molar-refractivity contribution in [3.05, 3.63) is 50.4 Å². The van der Waals surface area contributed by atoms with Gasteiger partial charge in [0.15, 0.2) is 5.96 Å². The first-order valence-corrected chi connectivity index (χ1v) is 8.88. The van der Waals surface area contributed by atoms with Crippen molar-refractivity contribution in [2.45, 2.75) is 26.5 Å². The standard InChI is InChI=1S/C17H23ClN4OS.HI/c1-11-16(24-12(2)22-11)10-21-17(19-3)20-9-15(23-4)13-6-5-7-14(18)8-13;/h5-8,15H,9-10H2,1-4H3,(H2,19,20,21);1H. The van der Waals surface area contributed by atoms with E-state index in [-0.39, 0.29) is 30.1 Å². The van der Waals surface area contributed by atoms with E-state index >= 15 is 0 Å². The molecule has 5 nitrogen and oxygen atoms in total. The van der Waals surface area contributed by atoms with Crippen LogP contribution < -0.4 is 10.6 Å². The second-order valence-electron chi connectivity index (χ2n) is 5.33. The van der Waals surface area contributed by atoms with Crippen molar-refractivity contribution < 1.29 is 4.74 Å². The van der Waals surface area contributed by atoms with Gasteiger partial charge in [-0.25, -0.2) is 4.98 Å². The Balaban J connectivity index is 0.00000312. The topological polar surface area (TPSA) is 58.5 Å². The molecular formula is C17H24ClIN4OS. The lowest BCUT2D eigenvalue weighted by atomic mass is 10.1. The number of hydrogen-bond donors (Lipinski definition) is 2. The van der Waals surface area contributed by atoms with E-state index in [1.54, 1.807) is 25.5 Å². The van der Waals surface area contributed by atoms with Gasteiger partial charge in [-0.05, 0) is 31.5 Å². The van der Waals surface area contributed by atoms with Gasteiger partial charge in [0.1, 0.15) is 0 Å². The van der Waals surface area contributed by atoms with Crippen molar-refractivity contribution in [1.82, 2.24) is 15.6 Å². The zero-order chi connectivity index (χ0) is 17.5. The fourth-order valence-corrected chi connectivity index (χ4v) is 3.43. The molecule has 1 aromatic carbocycles. The van der Waals surface area contributed by atoms with Crippen molar-refractivity contribution in [3.63, 3.8) is 0 Å². The van der Waals surface area contributed by atoms with E-state index in [0.717, 1.165) is 22.2 Å². The number of aryl methyl sites for hydroxylation is 2. The molecule has 0 radical (unpaired) electrons. The van der Waals surface area contributed by atoms with Crippen LogP contribution in [0.4, 0.5) is 0 Å². The number of rotatable bonds is 6. The third kappa shape index (κ3) is 6.73. The predicted molar refractivity (Wildman–Crippen MR) is 116 cm³/mol. The van der Waals surface area contributed by atoms with E-state index in [1.165, 1.54) is 4.88 Å². The first-order chi connectivity index (χ1) is 11.5. The number of nitrogens with one attached hydrogen (secondary N) is 2. The van der Waals surface area contributed by atoms with E-state index in [9.17, 15) is 0 Å². The molecule has 0 spiro atoms. The van der Waals surface area contributed by atoms with Crippen LogP contribution in [0.3, 0.4) is 0 Å². The number of aromatic nitrogens is 1. The summed E-state index contributed by atoms with van der Waals surface area (Å²) in [6.45, 7) is 5.34. The molecule has 2 N–H and O–H groups in total. The number of methoxy groups -OCH3 is 1. The SMILES string of the molecule is CN=C(NCc1sc(C)nc1C)NCC(OC)c1cccc(Cl)c1.I. The molecule has 1 atom stereocenters. The average molecular weight is 495 g/mol. The number of thiazole rings is 1. The van der Waals surface area contributed by atoms with Crippen molar-refractivity contribution in [1.29, 1.82) is 0 Å². The molecule has 2 rings (SSSR count). The molecule has 0 saturated heterocycles. The number of nitrogens with zero attached hydrogens (tertiary/aromatic N) is 2. The summed E-state index contributed by atoms with van der Waals surface area (Å²) in [5.41, 5.74) is 2.09. The number of guanidine groups is 1. The summed E-state index contributed by atoms with van der Waals surface area (Å²) in [6.07, 6.45) is -0.102. The monoisotopic (exact) mass is 494 g/mol. The van der Waals surface area contributed by atoms with E-state index in [4.69, 9.17) is 16.3 Å². The Kier molecular flexibility index (Phi) is 9.70. The van der Waals surface area contributed by atoms with E-state index in [1.807, 2.05) is 38.1 Å². The van der Waals surface area contributed by atoms with Gasteiger partial charge in [0.05, 0.1) is 23.4 Å². The minimum atomic E-state index is -0.102. The van der Waals surface area contributed by atoms with E-state index in [2.05, 4.69) is 20.6 Å². The third-order valence-electron chi connectivity index (χ3n) is 3.60. The summed E-state index contributed by atoms with van der Waals surface area (Å²) in [7, 11) is 3.44. The summed E-state index contributed by atoms with van der Waals surface area (Å²) in [5, 5.41) is 8.38. The molecule has 0 saturated carbocycles. The molecular weight excluding hydrogens is 471 g/mol. The summed E-state index contributed by atoms with van der Waals surface area (Å²) < 4.78 is 5.56. The molecule has 25 heavy (non-hydrogen) atoms. The highest BCUT2D eigenvalue weighted by atomic mass is 127. The molecule has 0 aliphatic carbocycles. The van der Waals surface area contributed by atoms with Crippen LogP contribution in [0, 0.1) is 13.8 Å². The lowest BCUT2D eigenvalue weighted by Gasteiger charge is -2.19. The summed E-state index contributed by atoms with van der Waals surface area (Å²) >= 11 is 7.75. The smallest absolute Gasteiger partial charge is 0.191 e. The second kappa shape index (κ2) is 10.9. The second-order valence-corrected chi connectivity index (χ2v) is 7.05. The molecule has 2 aromatic rings. The van der Waals surface area contributed by atoms with Crippen LogP contribution in [0.15, 0.2) is 29.3 Å². The summed E-state index contributed by atoms with van der Waals surface area (Å²) in [6, 6.07) is 7.69. The van der Waals surface area contributed by atoms with E-state index < -0.39 is 0 Å². The first-order valence-electron chi connectivity index (χ1n) is 7.69. The Morgan fingerprint density at radius 2 is 2.12 bits per heavy atom. The molecule has 1 aromatic heterocycles. The Hall–Kier alpha value is -0.900. The van der Waals surface area contributed by atoms with Gasteiger partial charge in [0, 0.05) is 30.6 Å². The van der Waals surface area contributed by atoms with Crippen LogP contribution >= 0.6 is 46.9 Å². The van der Waals surface area contributed by atoms with Gasteiger partial charge in [-0.15, -0.1) is 35.3 Å². The molecule has 0 aliphatic heterocycles.